The molecule has 102 valence electrons. The summed E-state index contributed by atoms with van der Waals surface area (Å²) >= 11 is 0. The van der Waals surface area contributed by atoms with Crippen molar-refractivity contribution in [2.45, 2.75) is 38.8 Å². The van der Waals surface area contributed by atoms with E-state index in [2.05, 4.69) is 4.99 Å². The van der Waals surface area contributed by atoms with Crippen LogP contribution in [0.2, 0.25) is 0 Å². The Morgan fingerprint density at radius 1 is 1.56 bits per heavy atom. The van der Waals surface area contributed by atoms with Crippen molar-refractivity contribution in [2.75, 3.05) is 26.3 Å². The number of hydrogen-bond donors (Lipinski definition) is 0. The molecular formula is C12H20N2O4. The Kier molecular flexibility index (Phi) is 5.31. The summed E-state index contributed by atoms with van der Waals surface area (Å²) in [6.45, 7) is 7.30. The van der Waals surface area contributed by atoms with E-state index < -0.39 is 5.60 Å². The van der Waals surface area contributed by atoms with E-state index in [1.807, 2.05) is 20.8 Å². The van der Waals surface area contributed by atoms with E-state index in [0.29, 0.717) is 32.7 Å². The summed E-state index contributed by atoms with van der Waals surface area (Å²) in [4.78, 5) is 27.2. The molecule has 1 saturated heterocycles. The topological polar surface area (TPSA) is 68.2 Å². The number of rotatable bonds is 3. The summed E-state index contributed by atoms with van der Waals surface area (Å²) < 4.78 is 10.7. The van der Waals surface area contributed by atoms with Gasteiger partial charge in [0.15, 0.2) is 0 Å². The van der Waals surface area contributed by atoms with Gasteiger partial charge in [0, 0.05) is 6.54 Å². The zero-order valence-electron chi connectivity index (χ0n) is 11.1. The number of carbonyl (C=O) groups excluding carboxylic acids is 2. The third-order valence-electron chi connectivity index (χ3n) is 2.49. The quantitative estimate of drug-likeness (QED) is 0.564. The van der Waals surface area contributed by atoms with Crippen molar-refractivity contribution in [3.8, 4) is 0 Å². The molecule has 1 aliphatic rings. The molecule has 1 aliphatic heterocycles. The van der Waals surface area contributed by atoms with Crippen LogP contribution in [0.1, 0.15) is 27.2 Å². The van der Waals surface area contributed by atoms with Gasteiger partial charge in [-0.15, -0.1) is 0 Å². The van der Waals surface area contributed by atoms with Gasteiger partial charge in [-0.05, 0) is 27.2 Å². The molecule has 1 amide bonds. The predicted molar refractivity (Wildman–Crippen MR) is 65.2 cm³/mol. The minimum atomic E-state index is -0.513. The third kappa shape index (κ3) is 4.85. The fraction of sp³-hybridized carbons (Fsp3) is 0.833. The van der Waals surface area contributed by atoms with Gasteiger partial charge in [0.1, 0.15) is 5.60 Å². The number of morpholine rings is 1. The number of isocyanates is 1. The fourth-order valence-electron chi connectivity index (χ4n) is 1.71. The summed E-state index contributed by atoms with van der Waals surface area (Å²) in [7, 11) is 0. The van der Waals surface area contributed by atoms with Gasteiger partial charge in [-0.3, -0.25) is 0 Å². The average Bonchev–Trinajstić information content (AvgIpc) is 2.27. The van der Waals surface area contributed by atoms with Crippen molar-refractivity contribution in [2.24, 2.45) is 4.99 Å². The van der Waals surface area contributed by atoms with E-state index in [-0.39, 0.29) is 12.1 Å². The second kappa shape index (κ2) is 6.52. The van der Waals surface area contributed by atoms with Crippen molar-refractivity contribution in [1.82, 2.24) is 4.90 Å². The minimum Gasteiger partial charge on any atom is -0.444 e. The average molecular weight is 256 g/mol. The fourth-order valence-corrected chi connectivity index (χ4v) is 1.71. The first-order valence-electron chi connectivity index (χ1n) is 6.05. The molecule has 1 heterocycles. The van der Waals surface area contributed by atoms with Crippen molar-refractivity contribution < 1.29 is 19.1 Å². The maximum Gasteiger partial charge on any atom is 0.410 e. The molecule has 1 fully saturated rings. The van der Waals surface area contributed by atoms with Crippen LogP contribution in [0, 0.1) is 0 Å². The number of nitrogens with zero attached hydrogens (tertiary/aromatic N) is 2. The van der Waals surface area contributed by atoms with Gasteiger partial charge in [-0.1, -0.05) is 0 Å². The van der Waals surface area contributed by atoms with Gasteiger partial charge in [0.2, 0.25) is 6.08 Å². The van der Waals surface area contributed by atoms with Gasteiger partial charge < -0.3 is 14.4 Å². The van der Waals surface area contributed by atoms with E-state index in [1.165, 1.54) is 6.08 Å². The molecule has 0 aliphatic carbocycles. The van der Waals surface area contributed by atoms with Crippen molar-refractivity contribution in [3.05, 3.63) is 0 Å². The summed E-state index contributed by atoms with van der Waals surface area (Å²) in [6, 6.07) is -0.0919. The molecule has 6 heteroatoms. The van der Waals surface area contributed by atoms with Crippen LogP contribution < -0.4 is 0 Å². The Bertz CT molecular complexity index is 331. The molecule has 0 N–H and O–H groups in total. The Balaban J connectivity index is 2.58. The Labute approximate surface area is 107 Å². The molecule has 0 aromatic carbocycles. The lowest BCUT2D eigenvalue weighted by atomic mass is 10.1. The maximum atomic E-state index is 12.0. The monoisotopic (exact) mass is 256 g/mol. The summed E-state index contributed by atoms with van der Waals surface area (Å²) in [5.41, 5.74) is -0.513. The van der Waals surface area contributed by atoms with E-state index in [1.54, 1.807) is 4.90 Å². The molecule has 1 atom stereocenters. The van der Waals surface area contributed by atoms with Crippen LogP contribution in [0.15, 0.2) is 4.99 Å². The van der Waals surface area contributed by atoms with E-state index >= 15 is 0 Å². The second-order valence-electron chi connectivity index (χ2n) is 5.16. The molecule has 1 rings (SSSR count). The summed E-state index contributed by atoms with van der Waals surface area (Å²) in [5, 5.41) is 0. The molecule has 18 heavy (non-hydrogen) atoms. The lowest BCUT2D eigenvalue weighted by Crippen LogP contribution is -2.50. The van der Waals surface area contributed by atoms with Crippen LogP contribution in [0.5, 0.6) is 0 Å². The molecule has 0 saturated carbocycles. The maximum absolute atomic E-state index is 12.0. The van der Waals surface area contributed by atoms with E-state index in [4.69, 9.17) is 9.47 Å². The number of hydrogen-bond acceptors (Lipinski definition) is 5. The Morgan fingerprint density at radius 2 is 2.28 bits per heavy atom. The van der Waals surface area contributed by atoms with Gasteiger partial charge in [-0.2, -0.15) is 0 Å². The summed E-state index contributed by atoms with van der Waals surface area (Å²) in [6.07, 6.45) is 1.73. The van der Waals surface area contributed by atoms with Crippen molar-refractivity contribution in [3.63, 3.8) is 0 Å². The zero-order valence-corrected chi connectivity index (χ0v) is 11.1. The molecule has 0 radical (unpaired) electrons. The molecule has 0 aromatic rings. The SMILES string of the molecule is CC(C)(C)OC(=O)N1CCOCC1CCN=C=O. The van der Waals surface area contributed by atoms with Gasteiger partial charge in [-0.25, -0.2) is 14.6 Å². The van der Waals surface area contributed by atoms with Crippen LogP contribution in [-0.2, 0) is 14.3 Å². The largest absolute Gasteiger partial charge is 0.444 e. The highest BCUT2D eigenvalue weighted by Gasteiger charge is 2.30. The van der Waals surface area contributed by atoms with E-state index in [9.17, 15) is 9.59 Å². The van der Waals surface area contributed by atoms with Crippen LogP contribution in [-0.4, -0.2) is 55.0 Å². The molecule has 0 aromatic heterocycles. The smallest absolute Gasteiger partial charge is 0.410 e. The van der Waals surface area contributed by atoms with Crippen LogP contribution in [0.25, 0.3) is 0 Å². The van der Waals surface area contributed by atoms with Gasteiger partial charge >= 0.3 is 6.09 Å². The van der Waals surface area contributed by atoms with Crippen molar-refractivity contribution in [1.29, 1.82) is 0 Å². The Hall–Kier alpha value is -1.39. The number of amides is 1. The van der Waals surface area contributed by atoms with Gasteiger partial charge in [0.25, 0.3) is 0 Å². The van der Waals surface area contributed by atoms with Crippen LogP contribution in [0.4, 0.5) is 4.79 Å². The third-order valence-corrected chi connectivity index (χ3v) is 2.49. The Morgan fingerprint density at radius 3 is 2.89 bits per heavy atom. The molecule has 0 bridgehead atoms. The molecule has 0 spiro atoms. The second-order valence-corrected chi connectivity index (χ2v) is 5.16. The van der Waals surface area contributed by atoms with Crippen molar-refractivity contribution >= 4 is 12.2 Å². The molecular weight excluding hydrogens is 236 g/mol. The summed E-state index contributed by atoms with van der Waals surface area (Å²) in [5.74, 6) is 0. The molecule has 1 unspecified atom stereocenters. The highest BCUT2D eigenvalue weighted by Crippen LogP contribution is 2.16. The normalized spacial score (nSPS) is 20.2. The number of carbonyl (C=O) groups is 1. The first-order valence-corrected chi connectivity index (χ1v) is 6.05. The highest BCUT2D eigenvalue weighted by atomic mass is 16.6. The first-order chi connectivity index (χ1) is 8.44. The standard InChI is InChI=1S/C12H20N2O4/c1-12(2,3)18-11(16)14-6-7-17-8-10(14)4-5-13-9-15/h10H,4-8H2,1-3H3. The van der Waals surface area contributed by atoms with E-state index in [0.717, 1.165) is 0 Å². The van der Waals surface area contributed by atoms with Crippen LogP contribution >= 0.6 is 0 Å². The molecule has 6 nitrogen and oxygen atoms in total. The number of aliphatic imine (C=N–C) groups is 1. The highest BCUT2D eigenvalue weighted by molar-refractivity contribution is 5.68. The minimum absolute atomic E-state index is 0.0919. The first kappa shape index (κ1) is 14.7. The predicted octanol–water partition coefficient (Wildman–Crippen LogP) is 1.35. The lowest BCUT2D eigenvalue weighted by molar-refractivity contribution is -0.0333. The van der Waals surface area contributed by atoms with Gasteiger partial charge in [0.05, 0.1) is 25.8 Å². The lowest BCUT2D eigenvalue weighted by Gasteiger charge is -2.36. The zero-order chi connectivity index (χ0) is 13.6. The number of ether oxygens (including phenoxy) is 2. The van der Waals surface area contributed by atoms with Crippen LogP contribution in [0.3, 0.4) is 0 Å².